The molecule has 3 heteroatoms. The van der Waals surface area contributed by atoms with E-state index in [-0.39, 0.29) is 17.7 Å². The molecule has 0 aromatic carbocycles. The zero-order chi connectivity index (χ0) is 10.7. The van der Waals surface area contributed by atoms with Gasteiger partial charge in [0.15, 0.2) is 0 Å². The number of hydrogen-bond acceptors (Lipinski definition) is 2. The Morgan fingerprint density at radius 1 is 1.20 bits per heavy atom. The third kappa shape index (κ3) is 2.24. The third-order valence-corrected chi connectivity index (χ3v) is 2.51. The summed E-state index contributed by atoms with van der Waals surface area (Å²) in [5, 5.41) is 2.28. The van der Waals surface area contributed by atoms with Gasteiger partial charge in [-0.25, -0.2) is 0 Å². The van der Waals surface area contributed by atoms with E-state index in [2.05, 4.69) is 11.4 Å². The maximum absolute atomic E-state index is 11.4. The summed E-state index contributed by atoms with van der Waals surface area (Å²) in [6.07, 6.45) is 13.0. The first-order valence-electron chi connectivity index (χ1n) is 4.99. The lowest BCUT2D eigenvalue weighted by Crippen LogP contribution is -2.22. The van der Waals surface area contributed by atoms with Crippen molar-refractivity contribution in [3.05, 3.63) is 42.4 Å². The van der Waals surface area contributed by atoms with E-state index in [9.17, 15) is 9.59 Å². The Hall–Kier alpha value is -1.64. The Morgan fingerprint density at radius 2 is 2.07 bits per heavy atom. The molecule has 1 radical (unpaired) electrons. The number of amides is 2. The molecule has 15 heavy (non-hydrogen) atoms. The van der Waals surface area contributed by atoms with E-state index in [4.69, 9.17) is 0 Å². The van der Waals surface area contributed by atoms with Crippen LogP contribution >= 0.6 is 0 Å². The lowest BCUT2D eigenvalue weighted by Gasteiger charge is -2.10. The Bertz CT molecular complexity index is 377. The summed E-state index contributed by atoms with van der Waals surface area (Å²) in [6.45, 7) is 0. The van der Waals surface area contributed by atoms with Crippen molar-refractivity contribution < 1.29 is 9.59 Å². The molecule has 2 aliphatic rings. The molecule has 1 heterocycles. The van der Waals surface area contributed by atoms with Crippen molar-refractivity contribution in [2.45, 2.75) is 12.8 Å². The second-order valence-electron chi connectivity index (χ2n) is 3.59. The van der Waals surface area contributed by atoms with Gasteiger partial charge in [0.1, 0.15) is 0 Å². The van der Waals surface area contributed by atoms with Crippen molar-refractivity contribution in [2.24, 2.45) is 5.92 Å². The van der Waals surface area contributed by atoms with Crippen molar-refractivity contribution >= 4 is 11.8 Å². The van der Waals surface area contributed by atoms with Crippen molar-refractivity contribution in [1.82, 2.24) is 5.32 Å². The van der Waals surface area contributed by atoms with Gasteiger partial charge >= 0.3 is 0 Å². The van der Waals surface area contributed by atoms with Gasteiger partial charge in [0.05, 0.1) is 12.3 Å². The minimum absolute atomic E-state index is 0.204. The first-order valence-corrected chi connectivity index (χ1v) is 4.99. The highest BCUT2D eigenvalue weighted by Crippen LogP contribution is 2.24. The molecule has 1 fully saturated rings. The molecule has 2 rings (SSSR count). The van der Waals surface area contributed by atoms with Crippen LogP contribution in [0.4, 0.5) is 0 Å². The van der Waals surface area contributed by atoms with Crippen molar-refractivity contribution in [2.75, 3.05) is 0 Å². The normalized spacial score (nSPS) is 33.6. The molecule has 1 atom stereocenters. The molecular weight excluding hydrogens is 190 g/mol. The number of carbonyl (C=O) groups excluding carboxylic acids is 2. The number of carbonyl (C=O) groups is 2. The summed E-state index contributed by atoms with van der Waals surface area (Å²) in [5.74, 6) is -0.856. The van der Waals surface area contributed by atoms with Crippen LogP contribution in [0.5, 0.6) is 0 Å². The van der Waals surface area contributed by atoms with Crippen LogP contribution < -0.4 is 5.32 Å². The summed E-state index contributed by atoms with van der Waals surface area (Å²) in [4.78, 5) is 22.4. The highest BCUT2D eigenvalue weighted by atomic mass is 16.2. The monoisotopic (exact) mass is 202 g/mol. The van der Waals surface area contributed by atoms with Gasteiger partial charge in [0, 0.05) is 0 Å². The number of allylic oxidation sites excluding steroid dienone is 5. The fourth-order valence-electron chi connectivity index (χ4n) is 1.75. The topological polar surface area (TPSA) is 46.2 Å². The zero-order valence-electron chi connectivity index (χ0n) is 8.27. The molecule has 0 unspecified atom stereocenters. The zero-order valence-corrected chi connectivity index (χ0v) is 8.27. The van der Waals surface area contributed by atoms with Crippen LogP contribution in [-0.4, -0.2) is 11.8 Å². The highest BCUT2D eigenvalue weighted by Gasteiger charge is 2.33. The fraction of sp³-hybridized carbons (Fsp3) is 0.250. The molecule has 77 valence electrons. The summed E-state index contributed by atoms with van der Waals surface area (Å²) in [7, 11) is 0. The number of imide groups is 1. The molecule has 0 saturated carbocycles. The van der Waals surface area contributed by atoms with Crippen LogP contribution in [0.1, 0.15) is 12.8 Å². The third-order valence-electron chi connectivity index (χ3n) is 2.51. The fourth-order valence-corrected chi connectivity index (χ4v) is 1.75. The summed E-state index contributed by atoms with van der Waals surface area (Å²) < 4.78 is 0. The molecule has 0 spiro atoms. The Kier molecular flexibility index (Phi) is 2.81. The smallest absolute Gasteiger partial charge is 0.234 e. The maximum Gasteiger partial charge on any atom is 0.234 e. The highest BCUT2D eigenvalue weighted by molar-refractivity contribution is 6.10. The SMILES string of the molecule is O=C1[CH][C@@H](/C2=C/C=C\C=C/CC2)C(=O)N1. The van der Waals surface area contributed by atoms with E-state index >= 15 is 0 Å². The van der Waals surface area contributed by atoms with E-state index in [0.29, 0.717) is 0 Å². The lowest BCUT2D eigenvalue weighted by atomic mass is 9.92. The molecule has 1 N–H and O–H groups in total. The van der Waals surface area contributed by atoms with E-state index in [0.717, 1.165) is 18.4 Å². The quantitative estimate of drug-likeness (QED) is 0.651. The van der Waals surface area contributed by atoms with E-state index in [1.54, 1.807) is 0 Å². The molecule has 0 aromatic rings. The first kappa shape index (κ1) is 9.90. The van der Waals surface area contributed by atoms with Crippen LogP contribution in [0.2, 0.25) is 0 Å². The summed E-state index contributed by atoms with van der Waals surface area (Å²) in [6, 6.07) is 0. The minimum atomic E-state index is -0.367. The van der Waals surface area contributed by atoms with Gasteiger partial charge in [-0.2, -0.15) is 0 Å². The maximum atomic E-state index is 11.4. The van der Waals surface area contributed by atoms with Gasteiger partial charge in [-0.1, -0.05) is 36.0 Å². The second kappa shape index (κ2) is 4.26. The lowest BCUT2D eigenvalue weighted by molar-refractivity contribution is -0.125. The molecule has 0 aromatic heterocycles. The predicted molar refractivity (Wildman–Crippen MR) is 56.5 cm³/mol. The van der Waals surface area contributed by atoms with E-state index in [1.165, 1.54) is 6.42 Å². The standard InChI is InChI=1S/C12H12NO2/c14-11-8-10(12(15)13-11)9-6-4-2-1-3-5-7-9/h1-4,6,8,10H,5,7H2,(H,13,14,15)/b3-1-,4-2-,9-6+/t10-/m0/s1. The number of hydrogen-bond donors (Lipinski definition) is 1. The minimum Gasteiger partial charge on any atom is -0.296 e. The Balaban J connectivity index is 2.16. The summed E-state index contributed by atoms with van der Waals surface area (Å²) >= 11 is 0. The number of nitrogens with one attached hydrogen (secondary N) is 1. The van der Waals surface area contributed by atoms with Crippen LogP contribution in [-0.2, 0) is 9.59 Å². The Labute approximate surface area is 88.5 Å². The van der Waals surface area contributed by atoms with Crippen LogP contribution in [0.25, 0.3) is 0 Å². The van der Waals surface area contributed by atoms with E-state index in [1.807, 2.05) is 24.3 Å². The van der Waals surface area contributed by atoms with Crippen LogP contribution in [0.15, 0.2) is 36.0 Å². The molecule has 1 saturated heterocycles. The van der Waals surface area contributed by atoms with Gasteiger partial charge in [-0.05, 0) is 12.8 Å². The first-order chi connectivity index (χ1) is 7.27. The van der Waals surface area contributed by atoms with Crippen LogP contribution in [0.3, 0.4) is 0 Å². The van der Waals surface area contributed by atoms with Gasteiger partial charge in [-0.3, -0.25) is 14.9 Å². The predicted octanol–water partition coefficient (Wildman–Crippen LogP) is 1.30. The molecule has 1 aliphatic heterocycles. The number of rotatable bonds is 1. The van der Waals surface area contributed by atoms with Gasteiger partial charge in [0.25, 0.3) is 0 Å². The summed E-state index contributed by atoms with van der Waals surface area (Å²) in [5.41, 5.74) is 0.999. The van der Waals surface area contributed by atoms with E-state index < -0.39 is 0 Å². The van der Waals surface area contributed by atoms with Crippen molar-refractivity contribution in [3.63, 3.8) is 0 Å². The molecule has 0 bridgehead atoms. The van der Waals surface area contributed by atoms with Crippen LogP contribution in [0, 0.1) is 12.3 Å². The Morgan fingerprint density at radius 3 is 2.80 bits per heavy atom. The van der Waals surface area contributed by atoms with Crippen molar-refractivity contribution in [3.8, 4) is 0 Å². The molecule has 2 amide bonds. The molecule has 3 nitrogen and oxygen atoms in total. The van der Waals surface area contributed by atoms with Gasteiger partial charge < -0.3 is 0 Å². The molecule has 1 aliphatic carbocycles. The van der Waals surface area contributed by atoms with Gasteiger partial charge in [-0.15, -0.1) is 0 Å². The largest absolute Gasteiger partial charge is 0.296 e. The van der Waals surface area contributed by atoms with Gasteiger partial charge in [0.2, 0.25) is 11.8 Å². The second-order valence-corrected chi connectivity index (χ2v) is 3.59. The average Bonchev–Trinajstić information content (AvgIpc) is 2.45. The van der Waals surface area contributed by atoms with Crippen molar-refractivity contribution in [1.29, 1.82) is 0 Å². The molecular formula is C12H12NO2. The average molecular weight is 202 g/mol.